The van der Waals surface area contributed by atoms with Crippen LogP contribution < -0.4 is 5.73 Å². The van der Waals surface area contributed by atoms with E-state index in [1.165, 1.54) is 11.8 Å². The number of amidine groups is 1. The first kappa shape index (κ1) is 14.4. The number of nitrogens with two attached hydrogens (primary N) is 1. The standard InChI is InChI=1S/C12H9Br2N3OS/c13-9-2-1-5-16-12(9)19-7-3-4-8(10(14)6-7)11(15)17-18/h1-6,18H,(H2,15,17). The summed E-state index contributed by atoms with van der Waals surface area (Å²) in [5, 5.41) is 12.5. The molecule has 1 aromatic carbocycles. The highest BCUT2D eigenvalue weighted by Crippen LogP contribution is 2.33. The summed E-state index contributed by atoms with van der Waals surface area (Å²) >= 11 is 8.38. The Morgan fingerprint density at radius 2 is 2.05 bits per heavy atom. The molecule has 0 unspecified atom stereocenters. The van der Waals surface area contributed by atoms with E-state index in [0.29, 0.717) is 5.56 Å². The van der Waals surface area contributed by atoms with Gasteiger partial charge in [0.25, 0.3) is 0 Å². The second kappa shape index (κ2) is 6.40. The van der Waals surface area contributed by atoms with Crippen molar-refractivity contribution < 1.29 is 5.21 Å². The highest BCUT2D eigenvalue weighted by molar-refractivity contribution is 9.10. The Kier molecular flexibility index (Phi) is 4.84. The van der Waals surface area contributed by atoms with Gasteiger partial charge in [0.05, 0.1) is 4.47 Å². The van der Waals surface area contributed by atoms with Gasteiger partial charge >= 0.3 is 0 Å². The number of rotatable bonds is 3. The van der Waals surface area contributed by atoms with Crippen molar-refractivity contribution in [3.63, 3.8) is 0 Å². The minimum absolute atomic E-state index is 0.0717. The molecule has 2 aromatic rings. The van der Waals surface area contributed by atoms with Gasteiger partial charge in [-0.2, -0.15) is 0 Å². The van der Waals surface area contributed by atoms with Crippen molar-refractivity contribution in [2.24, 2.45) is 10.9 Å². The monoisotopic (exact) mass is 401 g/mol. The lowest BCUT2D eigenvalue weighted by Crippen LogP contribution is -2.13. The van der Waals surface area contributed by atoms with Gasteiger partial charge in [0.1, 0.15) is 5.03 Å². The van der Waals surface area contributed by atoms with E-state index in [4.69, 9.17) is 10.9 Å². The number of oxime groups is 1. The minimum atomic E-state index is 0.0717. The SMILES string of the molecule is N/C(=N/O)c1ccc(Sc2ncccc2Br)cc1Br. The molecule has 0 aliphatic rings. The van der Waals surface area contributed by atoms with Gasteiger partial charge in [0.2, 0.25) is 0 Å². The van der Waals surface area contributed by atoms with Crippen molar-refractivity contribution in [1.82, 2.24) is 4.98 Å². The van der Waals surface area contributed by atoms with Gasteiger partial charge < -0.3 is 10.9 Å². The molecule has 98 valence electrons. The molecule has 3 N–H and O–H groups in total. The molecule has 0 spiro atoms. The van der Waals surface area contributed by atoms with E-state index < -0.39 is 0 Å². The number of aromatic nitrogens is 1. The topological polar surface area (TPSA) is 71.5 Å². The van der Waals surface area contributed by atoms with Crippen molar-refractivity contribution in [2.75, 3.05) is 0 Å². The van der Waals surface area contributed by atoms with Gasteiger partial charge in [-0.25, -0.2) is 4.98 Å². The van der Waals surface area contributed by atoms with Crippen molar-refractivity contribution in [1.29, 1.82) is 0 Å². The maximum atomic E-state index is 8.67. The van der Waals surface area contributed by atoms with Crippen LogP contribution in [0.1, 0.15) is 5.56 Å². The molecule has 0 atom stereocenters. The Balaban J connectivity index is 2.29. The molecule has 2 rings (SSSR count). The molecule has 0 saturated heterocycles. The Morgan fingerprint density at radius 1 is 1.26 bits per heavy atom. The smallest absolute Gasteiger partial charge is 0.171 e. The Bertz CT molecular complexity index is 634. The molecule has 1 heterocycles. The fourth-order valence-electron chi connectivity index (χ4n) is 1.38. The van der Waals surface area contributed by atoms with Gasteiger partial charge in [0.15, 0.2) is 5.84 Å². The molecule has 0 aliphatic carbocycles. The predicted octanol–water partition coefficient (Wildman–Crippen LogP) is 3.85. The highest BCUT2D eigenvalue weighted by atomic mass is 79.9. The van der Waals surface area contributed by atoms with E-state index in [-0.39, 0.29) is 5.84 Å². The molecule has 4 nitrogen and oxygen atoms in total. The van der Waals surface area contributed by atoms with Crippen molar-refractivity contribution >= 4 is 49.5 Å². The summed E-state index contributed by atoms with van der Waals surface area (Å²) in [6.45, 7) is 0. The van der Waals surface area contributed by atoms with Gasteiger partial charge in [0, 0.05) is 21.1 Å². The number of nitrogens with zero attached hydrogens (tertiary/aromatic N) is 2. The van der Waals surface area contributed by atoms with Gasteiger partial charge in [-0.3, -0.25) is 0 Å². The number of pyridine rings is 1. The fourth-order valence-corrected chi connectivity index (χ4v) is 3.43. The van der Waals surface area contributed by atoms with Crippen LogP contribution in [0.25, 0.3) is 0 Å². The number of benzene rings is 1. The largest absolute Gasteiger partial charge is 0.409 e. The zero-order valence-corrected chi connectivity index (χ0v) is 13.5. The predicted molar refractivity (Wildman–Crippen MR) is 82.7 cm³/mol. The van der Waals surface area contributed by atoms with Crippen molar-refractivity contribution in [2.45, 2.75) is 9.92 Å². The third-order valence-electron chi connectivity index (χ3n) is 2.26. The Hall–Kier alpha value is -1.05. The van der Waals surface area contributed by atoms with E-state index in [1.54, 1.807) is 12.3 Å². The molecule has 1 aromatic heterocycles. The molecule has 0 bridgehead atoms. The average Bonchev–Trinajstić information content (AvgIpc) is 2.41. The van der Waals surface area contributed by atoms with Crippen LogP contribution in [-0.4, -0.2) is 16.0 Å². The Morgan fingerprint density at radius 3 is 2.68 bits per heavy atom. The lowest BCUT2D eigenvalue weighted by molar-refractivity contribution is 0.318. The molecular formula is C12H9Br2N3OS. The first-order chi connectivity index (χ1) is 9.11. The zero-order valence-electron chi connectivity index (χ0n) is 9.55. The van der Waals surface area contributed by atoms with E-state index in [0.717, 1.165) is 18.9 Å². The van der Waals surface area contributed by atoms with Crippen molar-refractivity contribution in [3.8, 4) is 0 Å². The lowest BCUT2D eigenvalue weighted by atomic mass is 10.2. The number of halogens is 2. The summed E-state index contributed by atoms with van der Waals surface area (Å²) in [6, 6.07) is 9.39. The summed E-state index contributed by atoms with van der Waals surface area (Å²) in [7, 11) is 0. The van der Waals surface area contributed by atoms with Crippen LogP contribution in [0.5, 0.6) is 0 Å². The van der Waals surface area contributed by atoms with Crippen LogP contribution in [0, 0.1) is 0 Å². The van der Waals surface area contributed by atoms with E-state index in [1.807, 2.05) is 24.3 Å². The average molecular weight is 403 g/mol. The second-order valence-electron chi connectivity index (χ2n) is 3.52. The number of hydrogen-bond acceptors (Lipinski definition) is 4. The van der Waals surface area contributed by atoms with Gasteiger partial charge in [-0.05, 0) is 62.2 Å². The molecule has 0 radical (unpaired) electrons. The van der Waals surface area contributed by atoms with Crippen molar-refractivity contribution in [3.05, 3.63) is 51.0 Å². The molecule has 7 heteroatoms. The summed E-state index contributed by atoms with van der Waals surface area (Å²) in [4.78, 5) is 5.29. The second-order valence-corrected chi connectivity index (χ2v) is 6.29. The van der Waals surface area contributed by atoms with Crippen LogP contribution in [0.4, 0.5) is 0 Å². The first-order valence-electron chi connectivity index (χ1n) is 5.17. The molecule has 0 fully saturated rings. The normalized spacial score (nSPS) is 11.6. The first-order valence-corrected chi connectivity index (χ1v) is 7.58. The molecule has 0 saturated carbocycles. The number of hydrogen-bond donors (Lipinski definition) is 2. The van der Waals surface area contributed by atoms with Crippen LogP contribution in [0.2, 0.25) is 0 Å². The third-order valence-corrected chi connectivity index (χ3v) is 4.83. The van der Waals surface area contributed by atoms with Gasteiger partial charge in [-0.15, -0.1) is 0 Å². The molecule has 0 amide bonds. The minimum Gasteiger partial charge on any atom is -0.409 e. The summed E-state index contributed by atoms with van der Waals surface area (Å²) < 4.78 is 1.71. The molecule has 19 heavy (non-hydrogen) atoms. The molecule has 0 aliphatic heterocycles. The highest BCUT2D eigenvalue weighted by Gasteiger charge is 2.08. The summed E-state index contributed by atoms with van der Waals surface area (Å²) in [5.41, 5.74) is 6.21. The summed E-state index contributed by atoms with van der Waals surface area (Å²) in [6.07, 6.45) is 1.74. The maximum absolute atomic E-state index is 8.67. The van der Waals surface area contributed by atoms with Crippen LogP contribution in [0.15, 0.2) is 60.6 Å². The van der Waals surface area contributed by atoms with E-state index in [2.05, 4.69) is 42.0 Å². The van der Waals surface area contributed by atoms with Crippen LogP contribution >= 0.6 is 43.6 Å². The fraction of sp³-hybridized carbons (Fsp3) is 0. The zero-order chi connectivity index (χ0) is 13.8. The van der Waals surface area contributed by atoms with Crippen LogP contribution in [0.3, 0.4) is 0 Å². The van der Waals surface area contributed by atoms with Crippen LogP contribution in [-0.2, 0) is 0 Å². The Labute approximate surface area is 131 Å². The maximum Gasteiger partial charge on any atom is 0.171 e. The van der Waals surface area contributed by atoms with Gasteiger partial charge in [-0.1, -0.05) is 16.9 Å². The molecular weight excluding hydrogens is 394 g/mol. The van der Waals surface area contributed by atoms with E-state index >= 15 is 0 Å². The quantitative estimate of drug-likeness (QED) is 0.354. The summed E-state index contributed by atoms with van der Waals surface area (Å²) in [5.74, 6) is 0.0717. The van der Waals surface area contributed by atoms with E-state index in [9.17, 15) is 0 Å². The lowest BCUT2D eigenvalue weighted by Gasteiger charge is -2.06. The third kappa shape index (κ3) is 3.49.